The third-order valence-corrected chi connectivity index (χ3v) is 3.54. The zero-order valence-electron chi connectivity index (χ0n) is 13.2. The highest BCUT2D eigenvalue weighted by molar-refractivity contribution is 5.76. The molecule has 0 aromatic rings. The highest BCUT2D eigenvalue weighted by Gasteiger charge is 2.37. The lowest BCUT2D eigenvalue weighted by Gasteiger charge is -2.44. The molecule has 7 nitrogen and oxygen atoms in total. The van der Waals surface area contributed by atoms with E-state index in [1.807, 2.05) is 20.8 Å². The fraction of sp³-hybridized carbons (Fsp3) is 0.857. The normalized spacial score (nSPS) is 22.7. The number of aliphatic carboxylic acids is 1. The van der Waals surface area contributed by atoms with Gasteiger partial charge in [-0.1, -0.05) is 0 Å². The van der Waals surface area contributed by atoms with Crippen molar-refractivity contribution in [2.75, 3.05) is 26.2 Å². The van der Waals surface area contributed by atoms with Gasteiger partial charge in [0.2, 0.25) is 0 Å². The van der Waals surface area contributed by atoms with Crippen LogP contribution in [0.3, 0.4) is 0 Å². The molecular formula is C14H26N2O5. The van der Waals surface area contributed by atoms with Crippen molar-refractivity contribution in [2.24, 2.45) is 0 Å². The molecule has 2 atom stereocenters. The number of hydrogen-bond acceptors (Lipinski definition) is 4. The largest absolute Gasteiger partial charge is 0.481 e. The van der Waals surface area contributed by atoms with Crippen LogP contribution in [0, 0.1) is 0 Å². The second-order valence-corrected chi connectivity index (χ2v) is 6.08. The van der Waals surface area contributed by atoms with Crippen molar-refractivity contribution in [1.29, 1.82) is 0 Å². The summed E-state index contributed by atoms with van der Waals surface area (Å²) in [7, 11) is 0. The number of carboxylic acid groups (broad SMARTS) is 1. The van der Waals surface area contributed by atoms with E-state index < -0.39 is 17.7 Å². The number of urea groups is 1. The molecule has 2 amide bonds. The number of morpholine rings is 1. The Balaban J connectivity index is 2.81. The van der Waals surface area contributed by atoms with Gasteiger partial charge in [0.05, 0.1) is 37.8 Å². The van der Waals surface area contributed by atoms with Crippen molar-refractivity contribution >= 4 is 12.0 Å². The van der Waals surface area contributed by atoms with Gasteiger partial charge < -0.3 is 24.7 Å². The summed E-state index contributed by atoms with van der Waals surface area (Å²) in [6, 6.07) is -0.584. The van der Waals surface area contributed by atoms with Crippen LogP contribution in [0.15, 0.2) is 0 Å². The monoisotopic (exact) mass is 302 g/mol. The summed E-state index contributed by atoms with van der Waals surface area (Å²) in [5, 5.41) is 18.2. The molecule has 1 fully saturated rings. The highest BCUT2D eigenvalue weighted by Crippen LogP contribution is 2.22. The summed E-state index contributed by atoms with van der Waals surface area (Å²) in [4.78, 5) is 26.6. The smallest absolute Gasteiger partial charge is 0.320 e. The molecule has 122 valence electrons. The lowest BCUT2D eigenvalue weighted by molar-refractivity contribution is -0.142. The van der Waals surface area contributed by atoms with Gasteiger partial charge in [0.1, 0.15) is 0 Å². The lowest BCUT2D eigenvalue weighted by Crippen LogP contribution is -2.59. The molecule has 0 radical (unpaired) electrons. The standard InChI is InChI=1S/C14H26N2O5/c1-5-16(10(2)6-12(18)19)13(20)15-7-11(8-17)21-14(3,4)9-15/h10-11,17H,5-9H2,1-4H3,(H,18,19). The van der Waals surface area contributed by atoms with Crippen molar-refractivity contribution in [3.8, 4) is 0 Å². The molecule has 0 saturated carbocycles. The molecule has 1 rings (SSSR count). The van der Waals surface area contributed by atoms with Gasteiger partial charge in [-0.15, -0.1) is 0 Å². The van der Waals surface area contributed by atoms with Crippen LogP contribution >= 0.6 is 0 Å². The molecular weight excluding hydrogens is 276 g/mol. The van der Waals surface area contributed by atoms with Crippen LogP contribution in [0.2, 0.25) is 0 Å². The zero-order chi connectivity index (χ0) is 16.2. The van der Waals surface area contributed by atoms with E-state index in [4.69, 9.17) is 9.84 Å². The second kappa shape index (κ2) is 7.09. The Bertz CT molecular complexity index is 386. The fourth-order valence-corrected chi connectivity index (χ4v) is 2.72. The van der Waals surface area contributed by atoms with Gasteiger partial charge in [-0.25, -0.2) is 4.79 Å². The van der Waals surface area contributed by atoms with E-state index in [9.17, 15) is 14.7 Å². The number of hydrogen-bond donors (Lipinski definition) is 2. The molecule has 1 aliphatic rings. The van der Waals surface area contributed by atoms with Crippen LogP contribution in [0.5, 0.6) is 0 Å². The summed E-state index contributed by atoms with van der Waals surface area (Å²) in [6.45, 7) is 8.31. The lowest BCUT2D eigenvalue weighted by atomic mass is 10.1. The molecule has 1 saturated heterocycles. The van der Waals surface area contributed by atoms with E-state index in [0.29, 0.717) is 19.6 Å². The summed E-state index contributed by atoms with van der Waals surface area (Å²) in [5.41, 5.74) is -0.531. The fourth-order valence-electron chi connectivity index (χ4n) is 2.72. The first-order valence-corrected chi connectivity index (χ1v) is 7.26. The van der Waals surface area contributed by atoms with Crippen LogP contribution in [0.25, 0.3) is 0 Å². The average Bonchev–Trinajstić information content (AvgIpc) is 2.36. The maximum Gasteiger partial charge on any atom is 0.320 e. The first kappa shape index (κ1) is 17.7. The summed E-state index contributed by atoms with van der Waals surface area (Å²) >= 11 is 0. The zero-order valence-corrected chi connectivity index (χ0v) is 13.2. The number of ether oxygens (including phenoxy) is 1. The molecule has 0 aliphatic carbocycles. The van der Waals surface area contributed by atoms with Crippen LogP contribution in [0.1, 0.15) is 34.1 Å². The van der Waals surface area contributed by atoms with Crippen molar-refractivity contribution < 1.29 is 24.5 Å². The minimum Gasteiger partial charge on any atom is -0.481 e. The van der Waals surface area contributed by atoms with Gasteiger partial charge in [0, 0.05) is 12.6 Å². The molecule has 2 N–H and O–H groups in total. The number of carboxylic acids is 1. The summed E-state index contributed by atoms with van der Waals surface area (Å²) in [6.07, 6.45) is -0.498. The maximum absolute atomic E-state index is 12.6. The predicted molar refractivity (Wildman–Crippen MR) is 77.1 cm³/mol. The van der Waals surface area contributed by atoms with Gasteiger partial charge in [-0.3, -0.25) is 4.79 Å². The van der Waals surface area contributed by atoms with E-state index in [0.717, 1.165) is 0 Å². The number of carbonyl (C=O) groups excluding carboxylic acids is 1. The molecule has 0 aromatic carbocycles. The van der Waals surface area contributed by atoms with Gasteiger partial charge in [-0.05, 0) is 27.7 Å². The third kappa shape index (κ3) is 4.86. The topological polar surface area (TPSA) is 90.3 Å². The maximum atomic E-state index is 12.6. The molecule has 0 aromatic heterocycles. The van der Waals surface area contributed by atoms with Crippen molar-refractivity contribution in [1.82, 2.24) is 9.80 Å². The van der Waals surface area contributed by atoms with Crippen LogP contribution < -0.4 is 0 Å². The summed E-state index contributed by atoms with van der Waals surface area (Å²) in [5.74, 6) is -0.927. The third-order valence-electron chi connectivity index (χ3n) is 3.54. The van der Waals surface area contributed by atoms with Crippen molar-refractivity contribution in [3.05, 3.63) is 0 Å². The first-order valence-electron chi connectivity index (χ1n) is 7.26. The Morgan fingerprint density at radius 3 is 2.57 bits per heavy atom. The number of aliphatic hydroxyl groups excluding tert-OH is 1. The van der Waals surface area contributed by atoms with Gasteiger partial charge in [0.15, 0.2) is 0 Å². The summed E-state index contributed by atoms with van der Waals surface area (Å²) < 4.78 is 5.69. The van der Waals surface area contributed by atoms with Crippen LogP contribution in [-0.4, -0.2) is 76.0 Å². The number of nitrogens with zero attached hydrogens (tertiary/aromatic N) is 2. The second-order valence-electron chi connectivity index (χ2n) is 6.08. The van der Waals surface area contributed by atoms with E-state index in [-0.39, 0.29) is 25.1 Å². The number of carbonyl (C=O) groups is 2. The molecule has 2 unspecified atom stereocenters. The van der Waals surface area contributed by atoms with Gasteiger partial charge in [0.25, 0.3) is 0 Å². The van der Waals surface area contributed by atoms with Gasteiger partial charge in [-0.2, -0.15) is 0 Å². The predicted octanol–water partition coefficient (Wildman–Crippen LogP) is 0.763. The number of rotatable bonds is 5. The number of amides is 2. The van der Waals surface area contributed by atoms with E-state index in [2.05, 4.69) is 0 Å². The average molecular weight is 302 g/mol. The molecule has 1 heterocycles. The highest BCUT2D eigenvalue weighted by atomic mass is 16.5. The van der Waals surface area contributed by atoms with Gasteiger partial charge >= 0.3 is 12.0 Å². The molecule has 7 heteroatoms. The Morgan fingerprint density at radius 2 is 2.10 bits per heavy atom. The van der Waals surface area contributed by atoms with Crippen molar-refractivity contribution in [3.63, 3.8) is 0 Å². The van der Waals surface area contributed by atoms with E-state index >= 15 is 0 Å². The SMILES string of the molecule is CCN(C(=O)N1CC(CO)OC(C)(C)C1)C(C)CC(=O)O. The molecule has 1 aliphatic heterocycles. The minimum absolute atomic E-state index is 0.0866. The quantitative estimate of drug-likeness (QED) is 0.782. The van der Waals surface area contributed by atoms with Crippen LogP contribution in [0.4, 0.5) is 4.79 Å². The Labute approximate surface area is 125 Å². The Kier molecular flexibility index (Phi) is 5.98. The molecule has 0 spiro atoms. The van der Waals surface area contributed by atoms with E-state index in [1.54, 1.807) is 16.7 Å². The minimum atomic E-state index is -0.927. The Hall–Kier alpha value is -1.34. The first-order chi connectivity index (χ1) is 9.70. The number of aliphatic hydroxyl groups is 1. The Morgan fingerprint density at radius 1 is 1.48 bits per heavy atom. The molecule has 0 bridgehead atoms. The van der Waals surface area contributed by atoms with E-state index in [1.165, 1.54) is 0 Å². The van der Waals surface area contributed by atoms with Crippen LogP contribution in [-0.2, 0) is 9.53 Å². The van der Waals surface area contributed by atoms with Crippen molar-refractivity contribution in [2.45, 2.75) is 51.9 Å². The molecule has 21 heavy (non-hydrogen) atoms.